The Morgan fingerprint density at radius 2 is 2.21 bits per heavy atom. The molecule has 0 saturated carbocycles. The molecule has 0 aliphatic rings. The highest BCUT2D eigenvalue weighted by molar-refractivity contribution is 8.01. The van der Waals surface area contributed by atoms with Crippen molar-refractivity contribution < 1.29 is 12.6 Å². The first-order valence-electron chi connectivity index (χ1n) is 3.88. The normalized spacial score (nSPS) is 12.0. The summed E-state index contributed by atoms with van der Waals surface area (Å²) in [6.07, 6.45) is 1.00. The monoisotopic (exact) mass is 253 g/mol. The molecule has 14 heavy (non-hydrogen) atoms. The van der Waals surface area contributed by atoms with Gasteiger partial charge < -0.3 is 4.18 Å². The first-order valence-corrected chi connectivity index (χ1v) is 7.46. The van der Waals surface area contributed by atoms with E-state index in [0.717, 1.165) is 10.6 Å². The van der Waals surface area contributed by atoms with Crippen LogP contribution in [-0.4, -0.2) is 24.9 Å². The molecule has 0 atom stereocenters. The van der Waals surface area contributed by atoms with E-state index in [0.29, 0.717) is 5.25 Å². The summed E-state index contributed by atoms with van der Waals surface area (Å²) in [5.74, 6) is 0.153. The third-order valence-electron chi connectivity index (χ3n) is 1.04. The Bertz CT molecular complexity index is 396. The molecule has 1 heterocycles. The van der Waals surface area contributed by atoms with Gasteiger partial charge in [0.1, 0.15) is 0 Å². The SMILES string of the molecule is CC(C)Sc1nc(OS(C)(=O)=O)cs1. The largest absolute Gasteiger partial charge is 0.361 e. The summed E-state index contributed by atoms with van der Waals surface area (Å²) < 4.78 is 27.0. The second kappa shape index (κ2) is 4.50. The highest BCUT2D eigenvalue weighted by Crippen LogP contribution is 2.29. The smallest absolute Gasteiger partial charge is 0.307 e. The summed E-state index contributed by atoms with van der Waals surface area (Å²) in [5, 5.41) is 2.01. The zero-order valence-electron chi connectivity index (χ0n) is 8.05. The molecule has 7 heteroatoms. The molecule has 80 valence electrons. The lowest BCUT2D eigenvalue weighted by atomic mass is 10.6. The summed E-state index contributed by atoms with van der Waals surface area (Å²) in [5.41, 5.74) is 0. The fourth-order valence-corrected chi connectivity index (χ4v) is 3.08. The fraction of sp³-hybridized carbons (Fsp3) is 0.571. The van der Waals surface area contributed by atoms with Crippen LogP contribution in [-0.2, 0) is 10.1 Å². The van der Waals surface area contributed by atoms with Crippen LogP contribution in [0.5, 0.6) is 5.88 Å². The van der Waals surface area contributed by atoms with Gasteiger partial charge in [0.15, 0.2) is 4.34 Å². The van der Waals surface area contributed by atoms with E-state index in [-0.39, 0.29) is 5.88 Å². The summed E-state index contributed by atoms with van der Waals surface area (Å²) >= 11 is 2.96. The first-order chi connectivity index (χ1) is 6.37. The van der Waals surface area contributed by atoms with E-state index in [9.17, 15) is 8.42 Å². The zero-order valence-corrected chi connectivity index (χ0v) is 10.5. The van der Waals surface area contributed by atoms with Crippen molar-refractivity contribution in [1.82, 2.24) is 4.98 Å². The van der Waals surface area contributed by atoms with Crippen molar-refractivity contribution in [3.8, 4) is 5.88 Å². The molecule has 4 nitrogen and oxygen atoms in total. The van der Waals surface area contributed by atoms with Crippen LogP contribution < -0.4 is 4.18 Å². The maximum atomic E-state index is 10.8. The first kappa shape index (κ1) is 11.8. The van der Waals surface area contributed by atoms with Crippen molar-refractivity contribution in [3.05, 3.63) is 5.38 Å². The van der Waals surface area contributed by atoms with Crippen LogP contribution in [0.25, 0.3) is 0 Å². The Morgan fingerprint density at radius 1 is 1.57 bits per heavy atom. The minimum Gasteiger partial charge on any atom is -0.361 e. The Hall–Kier alpha value is -0.270. The van der Waals surface area contributed by atoms with Crippen LogP contribution in [0.1, 0.15) is 13.8 Å². The molecule has 1 rings (SSSR count). The highest BCUT2D eigenvalue weighted by Gasteiger charge is 2.09. The summed E-state index contributed by atoms with van der Waals surface area (Å²) in [7, 11) is -3.46. The number of thioether (sulfide) groups is 1. The maximum absolute atomic E-state index is 10.8. The van der Waals surface area contributed by atoms with Crippen molar-refractivity contribution >= 4 is 33.2 Å². The van der Waals surface area contributed by atoms with E-state index in [2.05, 4.69) is 9.17 Å². The summed E-state index contributed by atoms with van der Waals surface area (Å²) in [6.45, 7) is 4.09. The standard InChI is InChI=1S/C7H11NO3S3/c1-5(2)13-7-8-6(4-12-7)11-14(3,9)10/h4-5H,1-3H3. The number of thiazole rings is 1. The van der Waals surface area contributed by atoms with Crippen molar-refractivity contribution in [2.45, 2.75) is 23.4 Å². The van der Waals surface area contributed by atoms with Gasteiger partial charge in [-0.25, -0.2) is 0 Å². The zero-order chi connectivity index (χ0) is 10.8. The molecule has 0 aromatic carbocycles. The lowest BCUT2D eigenvalue weighted by Crippen LogP contribution is -2.05. The predicted octanol–water partition coefficient (Wildman–Crippen LogP) is 1.98. The molecule has 0 radical (unpaired) electrons. The lowest BCUT2D eigenvalue weighted by molar-refractivity contribution is 0.483. The molecule has 0 N–H and O–H groups in total. The Balaban J connectivity index is 2.69. The molecular formula is C7H11NO3S3. The molecule has 1 aromatic rings. The second-order valence-electron chi connectivity index (χ2n) is 2.91. The Kier molecular flexibility index (Phi) is 3.79. The number of hydrogen-bond acceptors (Lipinski definition) is 6. The molecule has 1 aromatic heterocycles. The van der Waals surface area contributed by atoms with Gasteiger partial charge >= 0.3 is 10.1 Å². The van der Waals surface area contributed by atoms with E-state index in [1.165, 1.54) is 11.3 Å². The van der Waals surface area contributed by atoms with Crippen LogP contribution >= 0.6 is 23.1 Å². The predicted molar refractivity (Wildman–Crippen MR) is 58.6 cm³/mol. The molecule has 0 aliphatic heterocycles. The van der Waals surface area contributed by atoms with E-state index < -0.39 is 10.1 Å². The molecule has 0 aliphatic carbocycles. The van der Waals surface area contributed by atoms with Crippen molar-refractivity contribution in [2.24, 2.45) is 0 Å². The van der Waals surface area contributed by atoms with Crippen LogP contribution in [0.3, 0.4) is 0 Å². The average Bonchev–Trinajstić information content (AvgIpc) is 2.30. The average molecular weight is 253 g/mol. The Labute approximate surface area is 91.8 Å². The van der Waals surface area contributed by atoms with E-state index >= 15 is 0 Å². The van der Waals surface area contributed by atoms with E-state index in [4.69, 9.17) is 0 Å². The van der Waals surface area contributed by atoms with Gasteiger partial charge in [-0.15, -0.1) is 11.3 Å². The van der Waals surface area contributed by atoms with Gasteiger partial charge in [0.05, 0.1) is 11.6 Å². The number of nitrogens with zero attached hydrogens (tertiary/aromatic N) is 1. The van der Waals surface area contributed by atoms with Crippen LogP contribution in [0.15, 0.2) is 9.72 Å². The van der Waals surface area contributed by atoms with Gasteiger partial charge in [-0.05, 0) is 0 Å². The van der Waals surface area contributed by atoms with Crippen molar-refractivity contribution in [3.63, 3.8) is 0 Å². The van der Waals surface area contributed by atoms with Crippen LogP contribution in [0, 0.1) is 0 Å². The molecular weight excluding hydrogens is 242 g/mol. The molecule has 0 spiro atoms. The topological polar surface area (TPSA) is 56.3 Å². The van der Waals surface area contributed by atoms with Gasteiger partial charge in [0.2, 0.25) is 5.88 Å². The minimum atomic E-state index is -3.46. The molecule has 0 fully saturated rings. The number of aromatic nitrogens is 1. The van der Waals surface area contributed by atoms with Crippen LogP contribution in [0.4, 0.5) is 0 Å². The van der Waals surface area contributed by atoms with Gasteiger partial charge in [-0.3, -0.25) is 0 Å². The summed E-state index contributed by atoms with van der Waals surface area (Å²) in [6, 6.07) is 0. The molecule has 0 bridgehead atoms. The lowest BCUT2D eigenvalue weighted by Gasteiger charge is -1.98. The molecule has 0 saturated heterocycles. The van der Waals surface area contributed by atoms with Crippen molar-refractivity contribution in [2.75, 3.05) is 6.26 Å². The van der Waals surface area contributed by atoms with E-state index in [1.807, 2.05) is 13.8 Å². The Morgan fingerprint density at radius 3 is 2.71 bits per heavy atom. The van der Waals surface area contributed by atoms with Gasteiger partial charge in [-0.1, -0.05) is 25.6 Å². The summed E-state index contributed by atoms with van der Waals surface area (Å²) in [4.78, 5) is 4.02. The quantitative estimate of drug-likeness (QED) is 0.606. The van der Waals surface area contributed by atoms with Gasteiger partial charge in [0, 0.05) is 5.25 Å². The molecule has 0 unspecified atom stereocenters. The van der Waals surface area contributed by atoms with E-state index in [1.54, 1.807) is 17.1 Å². The third kappa shape index (κ3) is 4.30. The number of hydrogen-bond donors (Lipinski definition) is 0. The van der Waals surface area contributed by atoms with Gasteiger partial charge in [-0.2, -0.15) is 13.4 Å². The van der Waals surface area contributed by atoms with Crippen molar-refractivity contribution in [1.29, 1.82) is 0 Å². The maximum Gasteiger partial charge on any atom is 0.307 e. The third-order valence-corrected chi connectivity index (χ3v) is 3.46. The molecule has 0 amide bonds. The minimum absolute atomic E-state index is 0.153. The van der Waals surface area contributed by atoms with Gasteiger partial charge in [0.25, 0.3) is 0 Å². The number of rotatable bonds is 4. The fourth-order valence-electron chi connectivity index (χ4n) is 0.693. The highest BCUT2D eigenvalue weighted by atomic mass is 32.2. The van der Waals surface area contributed by atoms with Crippen LogP contribution in [0.2, 0.25) is 0 Å². The second-order valence-corrected chi connectivity index (χ2v) is 7.16.